The number of carbonyl (C=O) groups excluding carboxylic acids is 2. The number of carbonyl (C=O) groups is 2. The Bertz CT molecular complexity index is 823. The van der Waals surface area contributed by atoms with Crippen LogP contribution in [-0.2, 0) is 9.47 Å². The molecule has 6 nitrogen and oxygen atoms in total. The van der Waals surface area contributed by atoms with Gasteiger partial charge in [-0.2, -0.15) is 0 Å². The number of aryl methyl sites for hydroxylation is 2. The molecule has 2 rings (SSSR count). The van der Waals surface area contributed by atoms with Crippen LogP contribution < -0.4 is 9.47 Å². The Morgan fingerprint density at radius 1 is 0.808 bits per heavy atom. The van der Waals surface area contributed by atoms with Crippen LogP contribution in [0.15, 0.2) is 24.3 Å². The van der Waals surface area contributed by atoms with Gasteiger partial charge in [-0.05, 0) is 59.2 Å². The van der Waals surface area contributed by atoms with E-state index in [0.29, 0.717) is 27.8 Å². The molecule has 0 amide bonds. The van der Waals surface area contributed by atoms with Gasteiger partial charge in [0, 0.05) is 10.8 Å². The monoisotopic (exact) mass is 360 g/mol. The van der Waals surface area contributed by atoms with Gasteiger partial charge in [-0.25, -0.2) is 9.59 Å². The van der Waals surface area contributed by atoms with Crippen molar-refractivity contribution in [2.75, 3.05) is 0 Å². The average molecular weight is 360 g/mol. The van der Waals surface area contributed by atoms with Crippen LogP contribution in [0, 0.1) is 13.8 Å². The van der Waals surface area contributed by atoms with Crippen molar-refractivity contribution in [3.05, 3.63) is 35.4 Å². The Labute approximate surface area is 153 Å². The Kier molecular flexibility index (Phi) is 6.08. The summed E-state index contributed by atoms with van der Waals surface area (Å²) in [6, 6.07) is 7.19. The molecule has 0 fully saturated rings. The van der Waals surface area contributed by atoms with Crippen molar-refractivity contribution in [3.63, 3.8) is 0 Å². The summed E-state index contributed by atoms with van der Waals surface area (Å²) < 4.78 is 20.9. The number of hydrogen-bond donors (Lipinski definition) is 0. The molecule has 6 heteroatoms. The largest absolute Gasteiger partial charge is 0.514 e. The third-order valence-corrected chi connectivity index (χ3v) is 3.43. The summed E-state index contributed by atoms with van der Waals surface area (Å²) in [6.45, 7) is 10.7. The molecule has 0 bridgehead atoms. The molecule has 0 saturated carbocycles. The fourth-order valence-electron chi connectivity index (χ4n) is 2.44. The van der Waals surface area contributed by atoms with Crippen LogP contribution in [-0.4, -0.2) is 24.5 Å². The maximum absolute atomic E-state index is 11.9. The normalized spacial score (nSPS) is 10.9. The highest BCUT2D eigenvalue weighted by Crippen LogP contribution is 2.37. The van der Waals surface area contributed by atoms with Crippen LogP contribution in [0.3, 0.4) is 0 Å². The van der Waals surface area contributed by atoms with Crippen molar-refractivity contribution in [2.45, 2.75) is 53.8 Å². The lowest BCUT2D eigenvalue weighted by molar-refractivity contribution is 0.0711. The smallest absolute Gasteiger partial charge is 0.431 e. The Morgan fingerprint density at radius 3 is 1.96 bits per heavy atom. The molecule has 0 atom stereocenters. The maximum Gasteiger partial charge on any atom is 0.514 e. The van der Waals surface area contributed by atoms with Gasteiger partial charge in [-0.3, -0.25) is 0 Å². The van der Waals surface area contributed by atoms with Crippen LogP contribution in [0.4, 0.5) is 9.59 Å². The molecule has 2 aromatic carbocycles. The van der Waals surface area contributed by atoms with Gasteiger partial charge in [0.1, 0.15) is 11.5 Å². The van der Waals surface area contributed by atoms with E-state index in [9.17, 15) is 9.59 Å². The summed E-state index contributed by atoms with van der Waals surface area (Å²) in [4.78, 5) is 23.8. The second-order valence-corrected chi connectivity index (χ2v) is 6.61. The first-order valence-corrected chi connectivity index (χ1v) is 8.48. The lowest BCUT2D eigenvalue weighted by Crippen LogP contribution is -2.17. The number of benzene rings is 2. The molecule has 0 aliphatic rings. The summed E-state index contributed by atoms with van der Waals surface area (Å²) in [6.07, 6.45) is -2.14. The van der Waals surface area contributed by atoms with Gasteiger partial charge in [0.2, 0.25) is 0 Å². The lowest BCUT2D eigenvalue weighted by atomic mass is 10.0. The SMILES string of the molecule is Cc1ccc2c(OC(=O)OC(C)C)cc(C)c(OC(=O)OC(C)C)c2c1. The number of rotatable bonds is 4. The first-order chi connectivity index (χ1) is 12.2. The minimum absolute atomic E-state index is 0.287. The zero-order chi connectivity index (χ0) is 19.4. The molecule has 140 valence electrons. The third-order valence-electron chi connectivity index (χ3n) is 3.43. The van der Waals surface area contributed by atoms with Crippen LogP contribution in [0.2, 0.25) is 0 Å². The predicted molar refractivity (Wildman–Crippen MR) is 97.9 cm³/mol. The van der Waals surface area contributed by atoms with Crippen molar-refractivity contribution in [3.8, 4) is 11.5 Å². The van der Waals surface area contributed by atoms with Crippen molar-refractivity contribution < 1.29 is 28.5 Å². The molecule has 0 aliphatic heterocycles. The van der Waals surface area contributed by atoms with Gasteiger partial charge in [0.05, 0.1) is 12.2 Å². The van der Waals surface area contributed by atoms with Crippen molar-refractivity contribution in [2.24, 2.45) is 0 Å². The van der Waals surface area contributed by atoms with Crippen molar-refractivity contribution in [1.29, 1.82) is 0 Å². The zero-order valence-corrected chi connectivity index (χ0v) is 15.9. The number of ether oxygens (including phenoxy) is 4. The molecule has 2 aromatic rings. The number of fused-ring (bicyclic) bond motifs is 1. The first-order valence-electron chi connectivity index (χ1n) is 8.48. The van der Waals surface area contributed by atoms with E-state index in [1.807, 2.05) is 25.1 Å². The molecule has 0 aromatic heterocycles. The van der Waals surface area contributed by atoms with Gasteiger partial charge in [0.15, 0.2) is 0 Å². The van der Waals surface area contributed by atoms with E-state index in [1.54, 1.807) is 40.7 Å². The van der Waals surface area contributed by atoms with Crippen LogP contribution in [0.25, 0.3) is 10.8 Å². The standard InChI is InChI=1S/C20H24O6/c1-11(2)23-19(21)25-17-10-14(6)18(26-20(22)24-12(3)4)16-9-13(5)7-8-15(16)17/h7-12H,1-6H3. The second-order valence-electron chi connectivity index (χ2n) is 6.61. The quantitative estimate of drug-likeness (QED) is 0.544. The van der Waals surface area contributed by atoms with Crippen molar-refractivity contribution >= 4 is 23.1 Å². The Morgan fingerprint density at radius 2 is 1.38 bits per heavy atom. The van der Waals surface area contributed by atoms with E-state index in [0.717, 1.165) is 5.56 Å². The van der Waals surface area contributed by atoms with Gasteiger partial charge < -0.3 is 18.9 Å². The van der Waals surface area contributed by atoms with Crippen LogP contribution in [0.5, 0.6) is 11.5 Å². The number of hydrogen-bond acceptors (Lipinski definition) is 6. The summed E-state index contributed by atoms with van der Waals surface area (Å²) in [5.41, 5.74) is 1.61. The van der Waals surface area contributed by atoms with Gasteiger partial charge >= 0.3 is 12.3 Å². The molecule has 0 aliphatic carbocycles. The fourth-order valence-corrected chi connectivity index (χ4v) is 2.44. The zero-order valence-electron chi connectivity index (χ0n) is 15.9. The van der Waals surface area contributed by atoms with E-state index in [-0.39, 0.29) is 12.2 Å². The molecule has 0 N–H and O–H groups in total. The fraction of sp³-hybridized carbons (Fsp3) is 0.400. The minimum Gasteiger partial charge on any atom is -0.431 e. The molecular formula is C20H24O6. The van der Waals surface area contributed by atoms with Gasteiger partial charge in [0.25, 0.3) is 0 Å². The summed E-state index contributed by atoms with van der Waals surface area (Å²) in [5, 5.41) is 1.28. The molecule has 0 radical (unpaired) electrons. The average Bonchev–Trinajstić information content (AvgIpc) is 2.49. The first kappa shape index (κ1) is 19.6. The van der Waals surface area contributed by atoms with Crippen LogP contribution >= 0.6 is 0 Å². The summed E-state index contributed by atoms with van der Waals surface area (Å²) in [7, 11) is 0. The van der Waals surface area contributed by atoms with E-state index >= 15 is 0 Å². The topological polar surface area (TPSA) is 71.1 Å². The Balaban J connectivity index is 2.47. The highest BCUT2D eigenvalue weighted by molar-refractivity contribution is 5.97. The summed E-state index contributed by atoms with van der Waals surface area (Å²) >= 11 is 0. The molecular weight excluding hydrogens is 336 g/mol. The van der Waals surface area contributed by atoms with Gasteiger partial charge in [-0.1, -0.05) is 17.7 Å². The highest BCUT2D eigenvalue weighted by atomic mass is 16.7. The molecule has 26 heavy (non-hydrogen) atoms. The maximum atomic E-state index is 11.9. The molecule has 0 spiro atoms. The van der Waals surface area contributed by atoms with E-state index < -0.39 is 12.3 Å². The van der Waals surface area contributed by atoms with Crippen LogP contribution in [0.1, 0.15) is 38.8 Å². The summed E-state index contributed by atoms with van der Waals surface area (Å²) in [5.74, 6) is 0.714. The lowest BCUT2D eigenvalue weighted by Gasteiger charge is -2.16. The predicted octanol–water partition coefficient (Wildman–Crippen LogP) is 5.30. The van der Waals surface area contributed by atoms with Gasteiger partial charge in [-0.15, -0.1) is 0 Å². The van der Waals surface area contributed by atoms with E-state index in [2.05, 4.69) is 0 Å². The minimum atomic E-state index is -0.783. The second kappa shape index (κ2) is 8.08. The third kappa shape index (κ3) is 4.88. The molecule has 0 unspecified atom stereocenters. The Hall–Kier alpha value is -2.76. The van der Waals surface area contributed by atoms with Crippen molar-refractivity contribution in [1.82, 2.24) is 0 Å². The molecule has 0 saturated heterocycles. The van der Waals surface area contributed by atoms with E-state index in [1.165, 1.54) is 0 Å². The highest BCUT2D eigenvalue weighted by Gasteiger charge is 2.19. The van der Waals surface area contributed by atoms with E-state index in [4.69, 9.17) is 18.9 Å². The molecule has 0 heterocycles.